The molecule has 2 rings (SSSR count). The largest absolute Gasteiger partial charge is 0.354 e. The Morgan fingerprint density at radius 1 is 1.31 bits per heavy atom. The van der Waals surface area contributed by atoms with Gasteiger partial charge in [0.15, 0.2) is 0 Å². The molecule has 4 nitrogen and oxygen atoms in total. The summed E-state index contributed by atoms with van der Waals surface area (Å²) in [6.45, 7) is 2.97. The molecule has 2 heterocycles. The Labute approximate surface area is 101 Å². The lowest BCUT2D eigenvalue weighted by atomic mass is 10.4. The number of hydrogen-bond donors (Lipinski definition) is 1. The molecule has 0 atom stereocenters. The third kappa shape index (κ3) is 3.09. The Hall–Kier alpha value is -0.810. The van der Waals surface area contributed by atoms with E-state index in [0.29, 0.717) is 0 Å². The minimum atomic E-state index is 0.781. The van der Waals surface area contributed by atoms with Crippen LogP contribution >= 0.6 is 11.8 Å². The number of nitrogens with one attached hydrogen (secondary N) is 1. The zero-order valence-electron chi connectivity index (χ0n) is 9.65. The van der Waals surface area contributed by atoms with Crippen LogP contribution in [0, 0.1) is 0 Å². The fourth-order valence-electron chi connectivity index (χ4n) is 1.76. The summed E-state index contributed by atoms with van der Waals surface area (Å²) in [7, 11) is 1.92. The fraction of sp³-hybridized carbons (Fsp3) is 0.636. The maximum Gasteiger partial charge on any atom is 0.147 e. The highest BCUT2D eigenvalue weighted by molar-refractivity contribution is 7.99. The molecule has 0 radical (unpaired) electrons. The Morgan fingerprint density at radius 3 is 3.00 bits per heavy atom. The van der Waals surface area contributed by atoms with Gasteiger partial charge in [-0.1, -0.05) is 0 Å². The molecule has 16 heavy (non-hydrogen) atoms. The molecule has 1 aromatic rings. The highest BCUT2D eigenvalue weighted by atomic mass is 32.2. The summed E-state index contributed by atoms with van der Waals surface area (Å²) in [4.78, 5) is 11.2. The summed E-state index contributed by atoms with van der Waals surface area (Å²) >= 11 is 2.03. The Kier molecular flexibility index (Phi) is 4.42. The molecule has 1 aromatic heterocycles. The molecule has 0 aliphatic carbocycles. The number of anilines is 1. The van der Waals surface area contributed by atoms with Crippen LogP contribution in [0.25, 0.3) is 0 Å². The first-order valence-corrected chi connectivity index (χ1v) is 6.84. The van der Waals surface area contributed by atoms with Gasteiger partial charge in [0.1, 0.15) is 5.82 Å². The number of nitrogens with zero attached hydrogens (tertiary/aromatic N) is 3. The second kappa shape index (κ2) is 6.06. The normalized spacial score (nSPS) is 17.2. The molecule has 5 heteroatoms. The molecule has 0 unspecified atom stereocenters. The third-order valence-corrected chi connectivity index (χ3v) is 3.64. The van der Waals surface area contributed by atoms with Crippen LogP contribution < -0.4 is 10.2 Å². The number of thioether (sulfide) groups is 1. The third-order valence-electron chi connectivity index (χ3n) is 2.60. The van der Waals surface area contributed by atoms with E-state index in [-0.39, 0.29) is 0 Å². The van der Waals surface area contributed by atoms with E-state index in [1.165, 1.54) is 17.9 Å². The van der Waals surface area contributed by atoms with Crippen molar-refractivity contribution in [3.8, 4) is 0 Å². The zero-order chi connectivity index (χ0) is 11.2. The summed E-state index contributed by atoms with van der Waals surface area (Å²) in [6.07, 6.45) is 5.00. The van der Waals surface area contributed by atoms with E-state index >= 15 is 0 Å². The van der Waals surface area contributed by atoms with Crippen LogP contribution in [0.4, 0.5) is 5.82 Å². The van der Waals surface area contributed by atoms with Gasteiger partial charge in [-0.25, -0.2) is 4.98 Å². The summed E-state index contributed by atoms with van der Waals surface area (Å²) in [5.74, 6) is 3.48. The van der Waals surface area contributed by atoms with Crippen LogP contribution in [0.2, 0.25) is 0 Å². The van der Waals surface area contributed by atoms with Crippen molar-refractivity contribution >= 4 is 17.6 Å². The molecule has 0 aromatic carbocycles. The van der Waals surface area contributed by atoms with Crippen molar-refractivity contribution < 1.29 is 0 Å². The molecule has 1 aliphatic rings. The van der Waals surface area contributed by atoms with E-state index in [9.17, 15) is 0 Å². The molecule has 0 amide bonds. The highest BCUT2D eigenvalue weighted by Crippen LogP contribution is 2.15. The van der Waals surface area contributed by atoms with E-state index in [0.717, 1.165) is 31.1 Å². The maximum atomic E-state index is 4.48. The topological polar surface area (TPSA) is 41.1 Å². The van der Waals surface area contributed by atoms with Crippen LogP contribution in [-0.4, -0.2) is 41.6 Å². The quantitative estimate of drug-likeness (QED) is 0.855. The molecule has 0 bridgehead atoms. The van der Waals surface area contributed by atoms with E-state index in [1.54, 1.807) is 0 Å². The molecular formula is C11H18N4S. The molecule has 88 valence electrons. The second-order valence-electron chi connectivity index (χ2n) is 3.85. The van der Waals surface area contributed by atoms with Crippen molar-refractivity contribution in [1.29, 1.82) is 0 Å². The smallest absolute Gasteiger partial charge is 0.147 e. The Bertz CT molecular complexity index is 306. The second-order valence-corrected chi connectivity index (χ2v) is 5.07. The average molecular weight is 238 g/mol. The van der Waals surface area contributed by atoms with Crippen molar-refractivity contribution in [2.24, 2.45) is 0 Å². The van der Waals surface area contributed by atoms with Gasteiger partial charge in [-0.05, 0) is 19.2 Å². The first-order chi connectivity index (χ1) is 7.90. The van der Waals surface area contributed by atoms with Crippen LogP contribution in [0.5, 0.6) is 0 Å². The first-order valence-electron chi connectivity index (χ1n) is 5.68. The van der Waals surface area contributed by atoms with Crippen molar-refractivity contribution in [2.75, 3.05) is 36.5 Å². The van der Waals surface area contributed by atoms with Gasteiger partial charge in [0.25, 0.3) is 0 Å². The van der Waals surface area contributed by atoms with Crippen molar-refractivity contribution in [1.82, 2.24) is 15.3 Å². The number of hydrogen-bond acceptors (Lipinski definition) is 5. The maximum absolute atomic E-state index is 4.48. The van der Waals surface area contributed by atoms with Gasteiger partial charge in [-0.2, -0.15) is 11.8 Å². The molecular weight excluding hydrogens is 220 g/mol. The number of aromatic nitrogens is 2. The van der Waals surface area contributed by atoms with Crippen LogP contribution in [-0.2, 0) is 6.54 Å². The molecule has 1 fully saturated rings. The van der Waals surface area contributed by atoms with Gasteiger partial charge in [-0.15, -0.1) is 0 Å². The fourth-order valence-corrected chi connectivity index (χ4v) is 2.65. The lowest BCUT2D eigenvalue weighted by molar-refractivity contribution is 0.767. The van der Waals surface area contributed by atoms with Crippen molar-refractivity contribution in [3.05, 3.63) is 18.1 Å². The lowest BCUT2D eigenvalue weighted by Crippen LogP contribution is -2.26. The van der Waals surface area contributed by atoms with E-state index in [4.69, 9.17) is 0 Å². The summed E-state index contributed by atoms with van der Waals surface area (Å²) in [6, 6.07) is 0. The predicted molar refractivity (Wildman–Crippen MR) is 69.0 cm³/mol. The predicted octanol–water partition coefficient (Wildman–Crippen LogP) is 1.14. The first kappa shape index (κ1) is 11.7. The minimum Gasteiger partial charge on any atom is -0.354 e. The molecule has 1 aliphatic heterocycles. The van der Waals surface area contributed by atoms with Crippen LogP contribution in [0.3, 0.4) is 0 Å². The summed E-state index contributed by atoms with van der Waals surface area (Å²) in [5, 5.41) is 3.07. The van der Waals surface area contributed by atoms with Gasteiger partial charge >= 0.3 is 0 Å². The monoisotopic (exact) mass is 238 g/mol. The van der Waals surface area contributed by atoms with Crippen molar-refractivity contribution in [3.63, 3.8) is 0 Å². The standard InChI is InChI=1S/C11H18N4S/c1-12-7-10-8-14-11(9-13-10)15-3-2-5-16-6-4-15/h8-9,12H,2-7H2,1H3. The highest BCUT2D eigenvalue weighted by Gasteiger charge is 2.11. The molecule has 0 spiro atoms. The van der Waals surface area contributed by atoms with Gasteiger partial charge in [-0.3, -0.25) is 4.98 Å². The van der Waals surface area contributed by atoms with Crippen LogP contribution in [0.1, 0.15) is 12.1 Å². The molecule has 0 saturated carbocycles. The van der Waals surface area contributed by atoms with Gasteiger partial charge in [0.05, 0.1) is 18.1 Å². The minimum absolute atomic E-state index is 0.781. The van der Waals surface area contributed by atoms with E-state index in [1.807, 2.05) is 31.2 Å². The molecule has 1 saturated heterocycles. The van der Waals surface area contributed by atoms with Crippen molar-refractivity contribution in [2.45, 2.75) is 13.0 Å². The molecule has 1 N–H and O–H groups in total. The van der Waals surface area contributed by atoms with Gasteiger partial charge in [0, 0.05) is 25.4 Å². The Balaban J connectivity index is 2.01. The van der Waals surface area contributed by atoms with Gasteiger partial charge in [0.2, 0.25) is 0 Å². The average Bonchev–Trinajstić information content (AvgIpc) is 2.59. The van der Waals surface area contributed by atoms with E-state index in [2.05, 4.69) is 20.2 Å². The van der Waals surface area contributed by atoms with E-state index < -0.39 is 0 Å². The lowest BCUT2D eigenvalue weighted by Gasteiger charge is -2.20. The Morgan fingerprint density at radius 2 is 2.25 bits per heavy atom. The number of rotatable bonds is 3. The summed E-state index contributed by atoms with van der Waals surface area (Å²) in [5.41, 5.74) is 0.996. The van der Waals surface area contributed by atoms with Gasteiger partial charge < -0.3 is 10.2 Å². The summed E-state index contributed by atoms with van der Waals surface area (Å²) < 4.78 is 0. The zero-order valence-corrected chi connectivity index (χ0v) is 10.5. The SMILES string of the molecule is CNCc1cnc(N2CCCSCC2)cn1. The van der Waals surface area contributed by atoms with Crippen LogP contribution in [0.15, 0.2) is 12.4 Å².